The van der Waals surface area contributed by atoms with Crippen LogP contribution in [0.4, 0.5) is 0 Å². The molecule has 3 nitrogen and oxygen atoms in total. The molecule has 0 aliphatic rings. The average Bonchev–Trinajstić information content (AvgIpc) is 2.25. The first-order valence-corrected chi connectivity index (χ1v) is 4.64. The minimum atomic E-state index is 0.591. The lowest BCUT2D eigenvalue weighted by Gasteiger charge is -2.07. The summed E-state index contributed by atoms with van der Waals surface area (Å²) in [4.78, 5) is 10.6. The van der Waals surface area contributed by atoms with Crippen LogP contribution in [-0.2, 0) is 6.54 Å². The van der Waals surface area contributed by atoms with Gasteiger partial charge in [0.25, 0.3) is 0 Å². The van der Waals surface area contributed by atoms with Gasteiger partial charge in [0.1, 0.15) is 5.75 Å². The van der Waals surface area contributed by atoms with Crippen LogP contribution in [-0.4, -0.2) is 19.9 Å². The van der Waals surface area contributed by atoms with Gasteiger partial charge in [-0.1, -0.05) is 13.0 Å². The van der Waals surface area contributed by atoms with Gasteiger partial charge < -0.3 is 10.1 Å². The molecule has 1 N–H and O–H groups in total. The molecular formula is C11H15NO2. The van der Waals surface area contributed by atoms with E-state index in [0.717, 1.165) is 24.9 Å². The second-order valence-electron chi connectivity index (χ2n) is 2.97. The van der Waals surface area contributed by atoms with E-state index in [9.17, 15) is 4.79 Å². The van der Waals surface area contributed by atoms with Crippen LogP contribution in [0.5, 0.6) is 5.75 Å². The van der Waals surface area contributed by atoms with Crippen molar-refractivity contribution in [3.05, 3.63) is 29.3 Å². The Morgan fingerprint density at radius 3 is 2.86 bits per heavy atom. The van der Waals surface area contributed by atoms with Gasteiger partial charge in [0, 0.05) is 6.54 Å². The molecule has 1 aromatic rings. The number of hydrogen-bond donors (Lipinski definition) is 1. The van der Waals surface area contributed by atoms with Gasteiger partial charge in [-0.15, -0.1) is 0 Å². The zero-order valence-corrected chi connectivity index (χ0v) is 8.54. The second kappa shape index (κ2) is 5.40. The van der Waals surface area contributed by atoms with Crippen molar-refractivity contribution in [1.82, 2.24) is 5.32 Å². The third kappa shape index (κ3) is 2.57. The molecule has 1 aromatic carbocycles. The van der Waals surface area contributed by atoms with Gasteiger partial charge in [-0.2, -0.15) is 0 Å². The highest BCUT2D eigenvalue weighted by molar-refractivity contribution is 5.79. The SMILES string of the molecule is CCNCc1ccc(C=O)c(OC)c1. The number of nitrogens with one attached hydrogen (secondary N) is 1. The molecule has 0 aliphatic carbocycles. The smallest absolute Gasteiger partial charge is 0.153 e. The van der Waals surface area contributed by atoms with E-state index < -0.39 is 0 Å². The molecule has 0 spiro atoms. The van der Waals surface area contributed by atoms with Crippen LogP contribution in [0.25, 0.3) is 0 Å². The Bertz CT molecular complexity index is 310. The molecule has 3 heteroatoms. The summed E-state index contributed by atoms with van der Waals surface area (Å²) in [5, 5.41) is 3.21. The second-order valence-corrected chi connectivity index (χ2v) is 2.97. The van der Waals surface area contributed by atoms with Crippen molar-refractivity contribution in [1.29, 1.82) is 0 Å². The highest BCUT2D eigenvalue weighted by atomic mass is 16.5. The number of ether oxygens (including phenoxy) is 1. The van der Waals surface area contributed by atoms with Crippen LogP contribution in [0.15, 0.2) is 18.2 Å². The highest BCUT2D eigenvalue weighted by Crippen LogP contribution is 2.18. The molecule has 0 unspecified atom stereocenters. The van der Waals surface area contributed by atoms with Crippen molar-refractivity contribution in [2.45, 2.75) is 13.5 Å². The largest absolute Gasteiger partial charge is 0.496 e. The monoisotopic (exact) mass is 193 g/mol. The molecule has 0 aliphatic heterocycles. The van der Waals surface area contributed by atoms with Crippen LogP contribution < -0.4 is 10.1 Å². The molecule has 0 amide bonds. The summed E-state index contributed by atoms with van der Waals surface area (Å²) in [6, 6.07) is 5.58. The molecule has 76 valence electrons. The van der Waals surface area contributed by atoms with E-state index >= 15 is 0 Å². The molecule has 0 heterocycles. The van der Waals surface area contributed by atoms with Gasteiger partial charge in [-0.25, -0.2) is 0 Å². The fraction of sp³-hybridized carbons (Fsp3) is 0.364. The topological polar surface area (TPSA) is 38.3 Å². The van der Waals surface area contributed by atoms with Crippen molar-refractivity contribution in [2.75, 3.05) is 13.7 Å². The summed E-state index contributed by atoms with van der Waals surface area (Å²) in [6.07, 6.45) is 0.801. The number of benzene rings is 1. The molecule has 0 aromatic heterocycles. The molecule has 0 saturated heterocycles. The highest BCUT2D eigenvalue weighted by Gasteiger charge is 2.02. The van der Waals surface area contributed by atoms with Gasteiger partial charge in [0.15, 0.2) is 6.29 Å². The molecule has 0 fully saturated rings. The lowest BCUT2D eigenvalue weighted by Crippen LogP contribution is -2.11. The summed E-state index contributed by atoms with van der Waals surface area (Å²) < 4.78 is 5.10. The first-order chi connectivity index (χ1) is 6.81. The predicted octanol–water partition coefficient (Wildman–Crippen LogP) is 1.62. The Morgan fingerprint density at radius 2 is 2.29 bits per heavy atom. The van der Waals surface area contributed by atoms with Crippen LogP contribution in [0.1, 0.15) is 22.8 Å². The lowest BCUT2D eigenvalue weighted by atomic mass is 10.1. The summed E-state index contributed by atoms with van der Waals surface area (Å²) in [7, 11) is 1.57. The Balaban J connectivity index is 2.84. The number of rotatable bonds is 5. The van der Waals surface area contributed by atoms with E-state index in [0.29, 0.717) is 11.3 Å². The third-order valence-corrected chi connectivity index (χ3v) is 2.00. The minimum absolute atomic E-state index is 0.591. The third-order valence-electron chi connectivity index (χ3n) is 2.00. The number of carbonyl (C=O) groups is 1. The van der Waals surface area contributed by atoms with Crippen LogP contribution >= 0.6 is 0 Å². The van der Waals surface area contributed by atoms with Crippen LogP contribution in [0.3, 0.4) is 0 Å². The lowest BCUT2D eigenvalue weighted by molar-refractivity contribution is 0.112. The normalized spacial score (nSPS) is 9.86. The van der Waals surface area contributed by atoms with Gasteiger partial charge in [-0.3, -0.25) is 4.79 Å². The summed E-state index contributed by atoms with van der Waals surface area (Å²) >= 11 is 0. The molecule has 0 atom stereocenters. The summed E-state index contributed by atoms with van der Waals surface area (Å²) in [5.41, 5.74) is 1.71. The van der Waals surface area contributed by atoms with Crippen molar-refractivity contribution < 1.29 is 9.53 Å². The van der Waals surface area contributed by atoms with Crippen molar-refractivity contribution in [3.63, 3.8) is 0 Å². The predicted molar refractivity (Wildman–Crippen MR) is 55.8 cm³/mol. The van der Waals surface area contributed by atoms with Gasteiger partial charge >= 0.3 is 0 Å². The number of hydrogen-bond acceptors (Lipinski definition) is 3. The van der Waals surface area contributed by atoms with Crippen molar-refractivity contribution >= 4 is 6.29 Å². The van der Waals surface area contributed by atoms with Crippen molar-refractivity contribution in [2.24, 2.45) is 0 Å². The van der Waals surface area contributed by atoms with Crippen LogP contribution in [0.2, 0.25) is 0 Å². The first-order valence-electron chi connectivity index (χ1n) is 4.64. The fourth-order valence-electron chi connectivity index (χ4n) is 1.23. The molecule has 14 heavy (non-hydrogen) atoms. The van der Waals surface area contributed by atoms with E-state index in [1.54, 1.807) is 13.2 Å². The maximum absolute atomic E-state index is 10.6. The Morgan fingerprint density at radius 1 is 1.50 bits per heavy atom. The molecule has 0 bridgehead atoms. The van der Waals surface area contributed by atoms with E-state index in [1.807, 2.05) is 12.1 Å². The molecule has 0 radical (unpaired) electrons. The molecular weight excluding hydrogens is 178 g/mol. The zero-order chi connectivity index (χ0) is 10.4. The Kier molecular flexibility index (Phi) is 4.13. The minimum Gasteiger partial charge on any atom is -0.496 e. The van der Waals surface area contributed by atoms with E-state index in [1.165, 1.54) is 0 Å². The number of carbonyl (C=O) groups excluding carboxylic acids is 1. The van der Waals surface area contributed by atoms with Gasteiger partial charge in [0.2, 0.25) is 0 Å². The maximum Gasteiger partial charge on any atom is 0.153 e. The Labute approximate surface area is 84.1 Å². The quantitative estimate of drug-likeness (QED) is 0.722. The number of methoxy groups -OCH3 is 1. The van der Waals surface area contributed by atoms with Crippen LogP contribution in [0, 0.1) is 0 Å². The van der Waals surface area contributed by atoms with E-state index in [2.05, 4.69) is 12.2 Å². The van der Waals surface area contributed by atoms with E-state index in [4.69, 9.17) is 4.74 Å². The molecule has 1 rings (SSSR count). The van der Waals surface area contributed by atoms with Gasteiger partial charge in [0.05, 0.1) is 12.7 Å². The first kappa shape index (κ1) is 10.7. The summed E-state index contributed by atoms with van der Waals surface area (Å²) in [5.74, 6) is 0.635. The number of aldehydes is 1. The van der Waals surface area contributed by atoms with E-state index in [-0.39, 0.29) is 0 Å². The van der Waals surface area contributed by atoms with Gasteiger partial charge in [-0.05, 0) is 24.2 Å². The zero-order valence-electron chi connectivity index (χ0n) is 8.54. The Hall–Kier alpha value is -1.35. The summed E-state index contributed by atoms with van der Waals surface area (Å²) in [6.45, 7) is 3.78. The maximum atomic E-state index is 10.6. The van der Waals surface area contributed by atoms with Crippen molar-refractivity contribution in [3.8, 4) is 5.75 Å². The molecule has 0 saturated carbocycles. The standard InChI is InChI=1S/C11H15NO2/c1-3-12-7-9-4-5-10(8-13)11(6-9)14-2/h4-6,8,12H,3,7H2,1-2H3. The fourth-order valence-corrected chi connectivity index (χ4v) is 1.23. The average molecular weight is 193 g/mol.